The molecule has 0 bridgehead atoms. The molecule has 2 aromatic heterocycles. The number of aromatic amines is 1. The molecule has 0 aliphatic rings. The van der Waals surface area contributed by atoms with Gasteiger partial charge in [0.1, 0.15) is 18.5 Å². The van der Waals surface area contributed by atoms with E-state index in [9.17, 15) is 4.79 Å². The lowest BCUT2D eigenvalue weighted by atomic mass is 9.98. The fourth-order valence-electron chi connectivity index (χ4n) is 3.19. The SMILES string of the molecule is COc1cc(C(=O)c2cc(-c3ncc[nH]3)ccc2-n2cncn2)cc(OC)c1OC. The van der Waals surface area contributed by atoms with Crippen molar-refractivity contribution >= 4 is 5.78 Å². The molecule has 2 aromatic carbocycles. The van der Waals surface area contributed by atoms with Crippen LogP contribution in [-0.2, 0) is 0 Å². The van der Waals surface area contributed by atoms with Gasteiger partial charge in [0.25, 0.3) is 0 Å². The highest BCUT2D eigenvalue weighted by atomic mass is 16.5. The number of carbonyl (C=O) groups is 1. The molecule has 0 saturated heterocycles. The molecule has 152 valence electrons. The van der Waals surface area contributed by atoms with E-state index in [4.69, 9.17) is 14.2 Å². The number of carbonyl (C=O) groups excluding carboxylic acids is 1. The van der Waals surface area contributed by atoms with Crippen molar-refractivity contribution in [2.75, 3.05) is 21.3 Å². The van der Waals surface area contributed by atoms with Crippen LogP contribution in [0.4, 0.5) is 0 Å². The zero-order valence-corrected chi connectivity index (χ0v) is 16.6. The number of benzene rings is 2. The Morgan fingerprint density at radius 2 is 1.80 bits per heavy atom. The third kappa shape index (κ3) is 3.37. The first-order valence-corrected chi connectivity index (χ1v) is 8.99. The third-order valence-corrected chi connectivity index (χ3v) is 4.61. The maximum Gasteiger partial charge on any atom is 0.203 e. The summed E-state index contributed by atoms with van der Waals surface area (Å²) < 4.78 is 17.7. The number of ketones is 1. The Hall–Kier alpha value is -4.14. The molecule has 0 aliphatic carbocycles. The number of methoxy groups -OCH3 is 3. The summed E-state index contributed by atoms with van der Waals surface area (Å²) >= 11 is 0. The molecule has 30 heavy (non-hydrogen) atoms. The first kappa shape index (κ1) is 19.2. The number of aromatic nitrogens is 5. The number of rotatable bonds is 7. The third-order valence-electron chi connectivity index (χ3n) is 4.61. The topological polar surface area (TPSA) is 104 Å². The van der Waals surface area contributed by atoms with Crippen LogP contribution in [-0.4, -0.2) is 51.8 Å². The summed E-state index contributed by atoms with van der Waals surface area (Å²) in [7, 11) is 4.52. The molecule has 1 N–H and O–H groups in total. The second-order valence-corrected chi connectivity index (χ2v) is 6.25. The average molecular weight is 405 g/mol. The molecule has 0 amide bonds. The maximum atomic E-state index is 13.6. The van der Waals surface area contributed by atoms with Gasteiger partial charge in [-0.1, -0.05) is 0 Å². The van der Waals surface area contributed by atoms with E-state index in [1.54, 1.807) is 36.7 Å². The van der Waals surface area contributed by atoms with Gasteiger partial charge in [0.05, 0.1) is 27.0 Å². The molecular weight excluding hydrogens is 386 g/mol. The Morgan fingerprint density at radius 1 is 1.03 bits per heavy atom. The van der Waals surface area contributed by atoms with Crippen LogP contribution in [0.1, 0.15) is 15.9 Å². The van der Waals surface area contributed by atoms with Crippen molar-refractivity contribution in [1.82, 2.24) is 24.7 Å². The summed E-state index contributed by atoms with van der Waals surface area (Å²) in [6.07, 6.45) is 6.32. The fraction of sp³-hybridized carbons (Fsp3) is 0.143. The van der Waals surface area contributed by atoms with E-state index in [1.807, 2.05) is 6.07 Å². The van der Waals surface area contributed by atoms with Crippen molar-refractivity contribution in [3.05, 3.63) is 66.5 Å². The second kappa shape index (κ2) is 8.08. The van der Waals surface area contributed by atoms with E-state index < -0.39 is 0 Å². The molecule has 9 heteroatoms. The van der Waals surface area contributed by atoms with E-state index in [0.717, 1.165) is 5.56 Å². The number of hydrogen-bond acceptors (Lipinski definition) is 7. The average Bonchev–Trinajstić information content (AvgIpc) is 3.51. The van der Waals surface area contributed by atoms with Gasteiger partial charge in [-0.05, 0) is 30.3 Å². The minimum Gasteiger partial charge on any atom is -0.493 e. The number of nitrogens with one attached hydrogen (secondary N) is 1. The molecular formula is C21H19N5O4. The van der Waals surface area contributed by atoms with E-state index in [1.165, 1.54) is 38.7 Å². The molecule has 0 fully saturated rings. The highest BCUT2D eigenvalue weighted by Gasteiger charge is 2.22. The lowest BCUT2D eigenvalue weighted by Crippen LogP contribution is -2.09. The molecule has 0 radical (unpaired) electrons. The monoisotopic (exact) mass is 405 g/mol. The Balaban J connectivity index is 1.88. The van der Waals surface area contributed by atoms with Gasteiger partial charge in [-0.25, -0.2) is 14.6 Å². The van der Waals surface area contributed by atoms with Crippen molar-refractivity contribution in [2.45, 2.75) is 0 Å². The predicted molar refractivity (Wildman–Crippen MR) is 108 cm³/mol. The summed E-state index contributed by atoms with van der Waals surface area (Å²) in [5.74, 6) is 1.61. The summed E-state index contributed by atoms with van der Waals surface area (Å²) in [5.41, 5.74) is 2.15. The molecule has 4 rings (SSSR count). The highest BCUT2D eigenvalue weighted by molar-refractivity contribution is 6.12. The molecule has 9 nitrogen and oxygen atoms in total. The minimum atomic E-state index is -0.242. The summed E-state index contributed by atoms with van der Waals surface area (Å²) in [6, 6.07) is 8.67. The minimum absolute atomic E-state index is 0.242. The Bertz CT molecular complexity index is 1150. The van der Waals surface area contributed by atoms with Gasteiger partial charge in [-0.3, -0.25) is 4.79 Å². The van der Waals surface area contributed by atoms with Gasteiger partial charge < -0.3 is 19.2 Å². The summed E-state index contributed by atoms with van der Waals surface area (Å²) in [4.78, 5) is 24.9. The standard InChI is InChI=1S/C21H19N5O4/c1-28-17-9-14(10-18(29-2)20(17)30-3)19(27)15-8-13(21-23-6-7-24-21)4-5-16(15)26-12-22-11-25-26/h4-12H,1-3H3,(H,23,24). The summed E-state index contributed by atoms with van der Waals surface area (Å²) in [6.45, 7) is 0. The zero-order valence-electron chi connectivity index (χ0n) is 16.6. The highest BCUT2D eigenvalue weighted by Crippen LogP contribution is 2.39. The number of imidazole rings is 1. The van der Waals surface area contributed by atoms with Gasteiger partial charge in [0.15, 0.2) is 17.3 Å². The first-order valence-electron chi connectivity index (χ1n) is 8.99. The van der Waals surface area contributed by atoms with Crippen LogP contribution < -0.4 is 14.2 Å². The molecule has 0 spiro atoms. The second-order valence-electron chi connectivity index (χ2n) is 6.25. The maximum absolute atomic E-state index is 13.6. The Morgan fingerprint density at radius 3 is 2.37 bits per heavy atom. The zero-order chi connectivity index (χ0) is 21.1. The van der Waals surface area contributed by atoms with Gasteiger partial charge >= 0.3 is 0 Å². The number of nitrogens with zero attached hydrogens (tertiary/aromatic N) is 4. The van der Waals surface area contributed by atoms with Crippen molar-refractivity contribution < 1.29 is 19.0 Å². The van der Waals surface area contributed by atoms with Crippen molar-refractivity contribution in [2.24, 2.45) is 0 Å². The molecule has 2 heterocycles. The van der Waals surface area contributed by atoms with Gasteiger partial charge in [-0.15, -0.1) is 0 Å². The number of hydrogen-bond donors (Lipinski definition) is 1. The van der Waals surface area contributed by atoms with Crippen LogP contribution in [0, 0.1) is 0 Å². The van der Waals surface area contributed by atoms with Crippen LogP contribution in [0.25, 0.3) is 17.1 Å². The Kier molecular flexibility index (Phi) is 5.17. The van der Waals surface area contributed by atoms with Crippen molar-refractivity contribution in [3.8, 4) is 34.3 Å². The molecule has 0 saturated carbocycles. The molecule has 0 aliphatic heterocycles. The lowest BCUT2D eigenvalue weighted by Gasteiger charge is -2.15. The predicted octanol–water partition coefficient (Wildman–Crippen LogP) is 2.91. The lowest BCUT2D eigenvalue weighted by molar-refractivity contribution is 0.103. The van der Waals surface area contributed by atoms with Crippen LogP contribution in [0.15, 0.2) is 55.4 Å². The molecule has 0 atom stereocenters. The fourth-order valence-corrected chi connectivity index (χ4v) is 3.19. The smallest absolute Gasteiger partial charge is 0.203 e. The van der Waals surface area contributed by atoms with Gasteiger partial charge in [-0.2, -0.15) is 5.10 Å². The molecule has 0 unspecified atom stereocenters. The van der Waals surface area contributed by atoms with Gasteiger partial charge in [0.2, 0.25) is 5.75 Å². The van der Waals surface area contributed by atoms with Crippen LogP contribution in [0.5, 0.6) is 17.2 Å². The largest absolute Gasteiger partial charge is 0.493 e. The quantitative estimate of drug-likeness (QED) is 0.472. The van der Waals surface area contributed by atoms with E-state index in [-0.39, 0.29) is 5.78 Å². The van der Waals surface area contributed by atoms with Crippen molar-refractivity contribution in [3.63, 3.8) is 0 Å². The van der Waals surface area contributed by atoms with Crippen molar-refractivity contribution in [1.29, 1.82) is 0 Å². The normalized spacial score (nSPS) is 10.6. The number of H-pyrrole nitrogens is 1. The van der Waals surface area contributed by atoms with Crippen LogP contribution in [0.2, 0.25) is 0 Å². The summed E-state index contributed by atoms with van der Waals surface area (Å²) in [5, 5.41) is 4.17. The first-order chi connectivity index (χ1) is 14.7. The van der Waals surface area contributed by atoms with Gasteiger partial charge in [0, 0.05) is 29.1 Å². The Labute approximate surface area is 172 Å². The molecule has 4 aromatic rings. The van der Waals surface area contributed by atoms with Crippen LogP contribution in [0.3, 0.4) is 0 Å². The van der Waals surface area contributed by atoms with Crippen LogP contribution >= 0.6 is 0 Å². The number of ether oxygens (including phenoxy) is 3. The van der Waals surface area contributed by atoms with E-state index >= 15 is 0 Å². The van der Waals surface area contributed by atoms with E-state index in [2.05, 4.69) is 20.1 Å². The van der Waals surface area contributed by atoms with E-state index in [0.29, 0.717) is 39.9 Å².